The summed E-state index contributed by atoms with van der Waals surface area (Å²) >= 11 is 0. The number of pyridine rings is 1. The number of amides is 1. The van der Waals surface area contributed by atoms with Crippen LogP contribution in [0.1, 0.15) is 10.5 Å². The minimum absolute atomic E-state index is 0.205. The zero-order valence-electron chi connectivity index (χ0n) is 8.21. The molecule has 0 aliphatic rings. The van der Waals surface area contributed by atoms with Crippen molar-refractivity contribution in [1.82, 2.24) is 20.1 Å². The summed E-state index contributed by atoms with van der Waals surface area (Å²) in [5, 5.41) is 6.59. The van der Waals surface area contributed by atoms with Crippen LogP contribution in [0.3, 0.4) is 0 Å². The fraction of sp³-hybridized carbons (Fsp3) is 0.100. The van der Waals surface area contributed by atoms with Crippen molar-refractivity contribution in [1.29, 1.82) is 0 Å². The van der Waals surface area contributed by atoms with Gasteiger partial charge in [0.05, 0.1) is 5.69 Å². The lowest BCUT2D eigenvalue weighted by atomic mass is 10.3. The van der Waals surface area contributed by atoms with Crippen molar-refractivity contribution in [2.75, 3.05) is 7.05 Å². The lowest BCUT2D eigenvalue weighted by molar-refractivity contribution is 0.0958. The third-order valence-corrected chi connectivity index (χ3v) is 1.97. The maximum absolute atomic E-state index is 11.3. The quantitative estimate of drug-likeness (QED) is 0.776. The number of nitrogens with one attached hydrogen (secondary N) is 1. The van der Waals surface area contributed by atoms with Gasteiger partial charge in [-0.15, -0.1) is 0 Å². The average Bonchev–Trinajstić information content (AvgIpc) is 2.82. The molecule has 0 radical (unpaired) electrons. The molecule has 0 aromatic carbocycles. The highest BCUT2D eigenvalue weighted by Crippen LogP contribution is 2.06. The van der Waals surface area contributed by atoms with E-state index in [-0.39, 0.29) is 5.91 Å². The van der Waals surface area contributed by atoms with Crippen LogP contribution < -0.4 is 5.32 Å². The molecule has 2 aromatic heterocycles. The van der Waals surface area contributed by atoms with Gasteiger partial charge in [0.15, 0.2) is 0 Å². The molecule has 0 fully saturated rings. The van der Waals surface area contributed by atoms with E-state index in [2.05, 4.69) is 15.4 Å². The average molecular weight is 202 g/mol. The first-order valence-corrected chi connectivity index (χ1v) is 4.49. The second-order valence-corrected chi connectivity index (χ2v) is 2.93. The molecule has 5 nitrogen and oxygen atoms in total. The van der Waals surface area contributed by atoms with Crippen molar-refractivity contribution >= 4 is 5.91 Å². The van der Waals surface area contributed by atoms with Crippen LogP contribution in [0.25, 0.3) is 5.69 Å². The van der Waals surface area contributed by atoms with Crippen molar-refractivity contribution in [3.05, 3.63) is 42.5 Å². The van der Waals surface area contributed by atoms with Crippen LogP contribution >= 0.6 is 0 Å². The van der Waals surface area contributed by atoms with E-state index in [0.717, 1.165) is 5.69 Å². The van der Waals surface area contributed by atoms with Gasteiger partial charge in [-0.1, -0.05) is 0 Å². The van der Waals surface area contributed by atoms with E-state index in [0.29, 0.717) is 5.69 Å². The fourth-order valence-electron chi connectivity index (χ4n) is 1.24. The van der Waals surface area contributed by atoms with Crippen LogP contribution in [0, 0.1) is 0 Å². The molecule has 0 saturated carbocycles. The predicted octanol–water partition coefficient (Wildman–Crippen LogP) is 0.627. The third-order valence-electron chi connectivity index (χ3n) is 1.97. The van der Waals surface area contributed by atoms with Crippen LogP contribution in [-0.4, -0.2) is 27.7 Å². The summed E-state index contributed by atoms with van der Waals surface area (Å²) in [7, 11) is 1.57. The molecule has 2 heterocycles. The van der Waals surface area contributed by atoms with E-state index in [4.69, 9.17) is 0 Å². The first-order valence-electron chi connectivity index (χ1n) is 4.49. The summed E-state index contributed by atoms with van der Waals surface area (Å²) in [6.45, 7) is 0. The summed E-state index contributed by atoms with van der Waals surface area (Å²) in [6, 6.07) is 5.30. The van der Waals surface area contributed by atoms with Gasteiger partial charge in [0.2, 0.25) is 0 Å². The molecule has 0 aliphatic heterocycles. The molecular weight excluding hydrogens is 192 g/mol. The topological polar surface area (TPSA) is 59.8 Å². The zero-order valence-corrected chi connectivity index (χ0v) is 8.21. The monoisotopic (exact) mass is 202 g/mol. The molecule has 0 aliphatic carbocycles. The molecule has 0 unspecified atom stereocenters. The Morgan fingerprint density at radius 2 is 2.33 bits per heavy atom. The maximum atomic E-state index is 11.3. The molecule has 0 saturated heterocycles. The van der Waals surface area contributed by atoms with E-state index < -0.39 is 0 Å². The summed E-state index contributed by atoms with van der Waals surface area (Å²) in [5.74, 6) is -0.205. The molecule has 5 heteroatoms. The van der Waals surface area contributed by atoms with Crippen LogP contribution in [0.15, 0.2) is 36.8 Å². The van der Waals surface area contributed by atoms with E-state index in [1.165, 1.54) is 0 Å². The van der Waals surface area contributed by atoms with Crippen molar-refractivity contribution < 1.29 is 4.79 Å². The van der Waals surface area contributed by atoms with Gasteiger partial charge in [-0.3, -0.25) is 9.78 Å². The first kappa shape index (κ1) is 9.39. The van der Waals surface area contributed by atoms with E-state index >= 15 is 0 Å². The number of aromatic nitrogens is 3. The van der Waals surface area contributed by atoms with Gasteiger partial charge in [-0.05, 0) is 18.2 Å². The van der Waals surface area contributed by atoms with Gasteiger partial charge in [-0.25, -0.2) is 4.68 Å². The Morgan fingerprint density at radius 1 is 1.47 bits per heavy atom. The molecule has 1 N–H and O–H groups in total. The van der Waals surface area contributed by atoms with E-state index in [1.54, 1.807) is 36.3 Å². The Morgan fingerprint density at radius 3 is 3.00 bits per heavy atom. The summed E-state index contributed by atoms with van der Waals surface area (Å²) in [5.41, 5.74) is 1.19. The lowest BCUT2D eigenvalue weighted by Crippen LogP contribution is -2.19. The minimum atomic E-state index is -0.205. The number of rotatable bonds is 2. The van der Waals surface area contributed by atoms with Crippen molar-refractivity contribution in [2.45, 2.75) is 0 Å². The normalized spacial score (nSPS) is 9.93. The van der Waals surface area contributed by atoms with Crippen LogP contribution in [-0.2, 0) is 0 Å². The van der Waals surface area contributed by atoms with Gasteiger partial charge in [0.25, 0.3) is 5.91 Å². The smallest absolute Gasteiger partial charge is 0.269 e. The molecule has 0 atom stereocenters. The number of hydrogen-bond acceptors (Lipinski definition) is 3. The van der Waals surface area contributed by atoms with Crippen LogP contribution in [0.5, 0.6) is 0 Å². The van der Waals surface area contributed by atoms with E-state index in [9.17, 15) is 4.79 Å². The van der Waals surface area contributed by atoms with E-state index in [1.807, 2.05) is 12.3 Å². The Kier molecular flexibility index (Phi) is 2.45. The van der Waals surface area contributed by atoms with Gasteiger partial charge in [0.1, 0.15) is 5.69 Å². The fourth-order valence-corrected chi connectivity index (χ4v) is 1.24. The van der Waals surface area contributed by atoms with Gasteiger partial charge >= 0.3 is 0 Å². The summed E-state index contributed by atoms with van der Waals surface area (Å²) < 4.78 is 1.67. The highest BCUT2D eigenvalue weighted by Gasteiger charge is 2.05. The van der Waals surface area contributed by atoms with Gasteiger partial charge < -0.3 is 5.32 Å². The Balaban J connectivity index is 2.39. The molecule has 2 rings (SSSR count). The van der Waals surface area contributed by atoms with Gasteiger partial charge in [0, 0.05) is 25.6 Å². The Bertz CT molecular complexity index is 464. The number of nitrogens with zero attached hydrogens (tertiary/aromatic N) is 3. The molecule has 76 valence electrons. The van der Waals surface area contributed by atoms with Crippen molar-refractivity contribution in [3.8, 4) is 5.69 Å². The lowest BCUT2D eigenvalue weighted by Gasteiger charge is -2.03. The van der Waals surface area contributed by atoms with Crippen molar-refractivity contribution in [2.24, 2.45) is 0 Å². The predicted molar refractivity (Wildman–Crippen MR) is 54.7 cm³/mol. The molecule has 0 bridgehead atoms. The highest BCUT2D eigenvalue weighted by molar-refractivity contribution is 5.92. The Labute approximate surface area is 86.8 Å². The van der Waals surface area contributed by atoms with Crippen LogP contribution in [0.2, 0.25) is 0 Å². The SMILES string of the molecule is CNC(=O)c1cc(-n2cccn2)ccn1. The van der Waals surface area contributed by atoms with Gasteiger partial charge in [-0.2, -0.15) is 5.10 Å². The molecular formula is C10H10N4O. The second kappa shape index (κ2) is 3.91. The second-order valence-electron chi connectivity index (χ2n) is 2.93. The molecule has 1 amide bonds. The molecule has 15 heavy (non-hydrogen) atoms. The zero-order chi connectivity index (χ0) is 10.7. The first-order chi connectivity index (χ1) is 7.31. The standard InChI is InChI=1S/C10H10N4O/c1-11-10(15)9-7-8(3-5-12-9)14-6-2-4-13-14/h2-7H,1H3,(H,11,15). The largest absolute Gasteiger partial charge is 0.354 e. The highest BCUT2D eigenvalue weighted by atomic mass is 16.1. The van der Waals surface area contributed by atoms with Crippen molar-refractivity contribution in [3.63, 3.8) is 0 Å². The summed E-state index contributed by atoms with van der Waals surface area (Å²) in [6.07, 6.45) is 5.07. The molecule has 2 aromatic rings. The van der Waals surface area contributed by atoms with Crippen LogP contribution in [0.4, 0.5) is 0 Å². The number of carbonyl (C=O) groups is 1. The third kappa shape index (κ3) is 1.85. The minimum Gasteiger partial charge on any atom is -0.354 e. The number of carbonyl (C=O) groups excluding carboxylic acids is 1. The molecule has 0 spiro atoms. The maximum Gasteiger partial charge on any atom is 0.269 e. The summed E-state index contributed by atoms with van der Waals surface area (Å²) in [4.78, 5) is 15.3. The number of hydrogen-bond donors (Lipinski definition) is 1. The Hall–Kier alpha value is -2.17.